The van der Waals surface area contributed by atoms with Crippen molar-refractivity contribution in [1.29, 1.82) is 0 Å². The minimum absolute atomic E-state index is 0.239. The SMILES string of the molecule is C#Cc1cccc(Nc2ncnc3cc(OC)c(CCC(N)=O)cc23)c1. The largest absolute Gasteiger partial charge is 0.496 e. The highest BCUT2D eigenvalue weighted by atomic mass is 16.5. The van der Waals surface area contributed by atoms with Crippen LogP contribution in [0.2, 0.25) is 0 Å². The van der Waals surface area contributed by atoms with Gasteiger partial charge in [-0.25, -0.2) is 9.97 Å². The number of nitrogens with two attached hydrogens (primary N) is 1. The molecule has 0 aliphatic heterocycles. The smallest absolute Gasteiger partial charge is 0.217 e. The average molecular weight is 346 g/mol. The number of benzene rings is 2. The lowest BCUT2D eigenvalue weighted by atomic mass is 10.0. The van der Waals surface area contributed by atoms with Gasteiger partial charge in [0.2, 0.25) is 5.91 Å². The first-order valence-corrected chi connectivity index (χ1v) is 8.04. The van der Waals surface area contributed by atoms with E-state index in [2.05, 4.69) is 21.2 Å². The predicted molar refractivity (Wildman–Crippen MR) is 101 cm³/mol. The summed E-state index contributed by atoms with van der Waals surface area (Å²) in [6, 6.07) is 11.3. The molecule has 6 heteroatoms. The summed E-state index contributed by atoms with van der Waals surface area (Å²) >= 11 is 0. The van der Waals surface area contributed by atoms with Crippen LogP contribution in [-0.2, 0) is 11.2 Å². The van der Waals surface area contributed by atoms with Gasteiger partial charge in [0.15, 0.2) is 0 Å². The molecule has 6 nitrogen and oxygen atoms in total. The predicted octanol–water partition coefficient (Wildman–Crippen LogP) is 2.78. The molecule has 3 aromatic rings. The van der Waals surface area contributed by atoms with Gasteiger partial charge in [-0.2, -0.15) is 0 Å². The van der Waals surface area contributed by atoms with E-state index in [-0.39, 0.29) is 12.3 Å². The van der Waals surface area contributed by atoms with E-state index in [9.17, 15) is 4.79 Å². The van der Waals surface area contributed by atoms with E-state index in [0.29, 0.717) is 18.0 Å². The van der Waals surface area contributed by atoms with Gasteiger partial charge in [-0.1, -0.05) is 12.0 Å². The molecule has 0 spiro atoms. The number of hydrogen-bond donors (Lipinski definition) is 2. The molecular formula is C20H18N4O2. The number of methoxy groups -OCH3 is 1. The number of carbonyl (C=O) groups is 1. The standard InChI is InChI=1S/C20H18N4O2/c1-3-13-5-4-6-15(9-13)24-20-16-10-14(7-8-19(21)25)18(26-2)11-17(16)22-12-23-20/h1,4-6,9-12H,7-8H2,2H3,(H2,21,25)(H,22,23,24). The molecule has 3 N–H and O–H groups in total. The number of rotatable bonds is 6. The van der Waals surface area contributed by atoms with Crippen molar-refractivity contribution in [1.82, 2.24) is 9.97 Å². The number of anilines is 2. The van der Waals surface area contributed by atoms with Crippen molar-refractivity contribution in [3.8, 4) is 18.1 Å². The number of hydrogen-bond acceptors (Lipinski definition) is 5. The van der Waals surface area contributed by atoms with E-state index in [4.69, 9.17) is 16.9 Å². The Hall–Kier alpha value is -3.59. The molecule has 130 valence electrons. The van der Waals surface area contributed by atoms with Crippen molar-refractivity contribution in [2.45, 2.75) is 12.8 Å². The summed E-state index contributed by atoms with van der Waals surface area (Å²) in [5.74, 6) is 3.56. The second-order valence-electron chi connectivity index (χ2n) is 5.72. The van der Waals surface area contributed by atoms with Crippen molar-refractivity contribution >= 4 is 28.3 Å². The van der Waals surface area contributed by atoms with Crippen LogP contribution >= 0.6 is 0 Å². The van der Waals surface area contributed by atoms with E-state index >= 15 is 0 Å². The molecule has 0 unspecified atom stereocenters. The zero-order chi connectivity index (χ0) is 18.5. The fourth-order valence-electron chi connectivity index (χ4n) is 2.70. The Bertz CT molecular complexity index is 1010. The van der Waals surface area contributed by atoms with Gasteiger partial charge in [0, 0.05) is 29.1 Å². The van der Waals surface area contributed by atoms with Crippen LogP contribution in [0.25, 0.3) is 10.9 Å². The molecule has 1 amide bonds. The van der Waals surface area contributed by atoms with E-state index in [1.165, 1.54) is 6.33 Å². The van der Waals surface area contributed by atoms with Crippen LogP contribution in [0.4, 0.5) is 11.5 Å². The molecular weight excluding hydrogens is 328 g/mol. The summed E-state index contributed by atoms with van der Waals surface area (Å²) in [7, 11) is 1.58. The zero-order valence-electron chi connectivity index (χ0n) is 14.3. The molecule has 0 fully saturated rings. The topological polar surface area (TPSA) is 90.1 Å². The lowest BCUT2D eigenvalue weighted by Crippen LogP contribution is -2.11. The van der Waals surface area contributed by atoms with Gasteiger partial charge in [-0.05, 0) is 36.2 Å². The number of carbonyl (C=O) groups excluding carboxylic acids is 1. The normalized spacial score (nSPS) is 10.3. The van der Waals surface area contributed by atoms with Gasteiger partial charge in [0.05, 0.1) is 12.6 Å². The van der Waals surface area contributed by atoms with Crippen LogP contribution in [0, 0.1) is 12.3 Å². The summed E-state index contributed by atoms with van der Waals surface area (Å²) in [6.45, 7) is 0. The Balaban J connectivity index is 2.03. The second-order valence-corrected chi connectivity index (χ2v) is 5.72. The highest BCUT2D eigenvalue weighted by Crippen LogP contribution is 2.30. The van der Waals surface area contributed by atoms with Crippen LogP contribution < -0.4 is 15.8 Å². The Morgan fingerprint density at radius 1 is 1.31 bits per heavy atom. The fraction of sp³-hybridized carbons (Fsp3) is 0.150. The van der Waals surface area contributed by atoms with Gasteiger partial charge in [0.25, 0.3) is 0 Å². The van der Waals surface area contributed by atoms with E-state index < -0.39 is 0 Å². The number of nitrogens with one attached hydrogen (secondary N) is 1. The van der Waals surface area contributed by atoms with Gasteiger partial charge in [0.1, 0.15) is 17.9 Å². The average Bonchev–Trinajstić information content (AvgIpc) is 2.66. The van der Waals surface area contributed by atoms with Gasteiger partial charge < -0.3 is 15.8 Å². The van der Waals surface area contributed by atoms with Gasteiger partial charge >= 0.3 is 0 Å². The number of terminal acetylenes is 1. The maximum absolute atomic E-state index is 11.1. The summed E-state index contributed by atoms with van der Waals surface area (Å²) in [5.41, 5.74) is 8.48. The highest BCUT2D eigenvalue weighted by molar-refractivity contribution is 5.92. The van der Waals surface area contributed by atoms with Crippen LogP contribution in [-0.4, -0.2) is 23.0 Å². The summed E-state index contributed by atoms with van der Waals surface area (Å²) in [5, 5.41) is 4.09. The fourth-order valence-corrected chi connectivity index (χ4v) is 2.70. The number of aryl methyl sites for hydroxylation is 1. The van der Waals surface area contributed by atoms with E-state index in [0.717, 1.165) is 27.7 Å². The second kappa shape index (κ2) is 7.53. The molecule has 0 saturated carbocycles. The lowest BCUT2D eigenvalue weighted by Gasteiger charge is -2.13. The van der Waals surface area contributed by atoms with Crippen LogP contribution in [0.1, 0.15) is 17.5 Å². The Kier molecular flexibility index (Phi) is 4.99. The number of fused-ring (bicyclic) bond motifs is 1. The molecule has 3 rings (SSSR count). The third-order valence-corrected chi connectivity index (χ3v) is 3.97. The van der Waals surface area contributed by atoms with Crippen LogP contribution in [0.3, 0.4) is 0 Å². The third kappa shape index (κ3) is 3.73. The van der Waals surface area contributed by atoms with Crippen molar-refractivity contribution in [3.05, 3.63) is 53.9 Å². The molecule has 1 aromatic heterocycles. The lowest BCUT2D eigenvalue weighted by molar-refractivity contribution is -0.117. The maximum Gasteiger partial charge on any atom is 0.217 e. The first-order chi connectivity index (χ1) is 12.6. The Morgan fingerprint density at radius 3 is 2.88 bits per heavy atom. The molecule has 1 heterocycles. The number of aromatic nitrogens is 2. The van der Waals surface area contributed by atoms with Crippen LogP contribution in [0.5, 0.6) is 5.75 Å². The number of ether oxygens (including phenoxy) is 1. The molecule has 0 bridgehead atoms. The van der Waals surface area contributed by atoms with Crippen LogP contribution in [0.15, 0.2) is 42.7 Å². The third-order valence-electron chi connectivity index (χ3n) is 3.97. The van der Waals surface area contributed by atoms with Crippen molar-refractivity contribution < 1.29 is 9.53 Å². The molecule has 0 atom stereocenters. The molecule has 0 radical (unpaired) electrons. The number of nitrogens with zero attached hydrogens (tertiary/aromatic N) is 2. The number of amides is 1. The Morgan fingerprint density at radius 2 is 2.15 bits per heavy atom. The maximum atomic E-state index is 11.1. The zero-order valence-corrected chi connectivity index (χ0v) is 14.3. The van der Waals surface area contributed by atoms with Gasteiger partial charge in [-0.3, -0.25) is 4.79 Å². The minimum atomic E-state index is -0.360. The summed E-state index contributed by atoms with van der Waals surface area (Å²) in [4.78, 5) is 19.8. The molecule has 2 aromatic carbocycles. The quantitative estimate of drug-likeness (QED) is 0.670. The van der Waals surface area contributed by atoms with Crippen molar-refractivity contribution in [2.75, 3.05) is 12.4 Å². The van der Waals surface area contributed by atoms with Crippen molar-refractivity contribution in [2.24, 2.45) is 5.73 Å². The Labute approximate surface area is 151 Å². The minimum Gasteiger partial charge on any atom is -0.496 e. The molecule has 0 aliphatic carbocycles. The molecule has 0 aliphatic rings. The highest BCUT2D eigenvalue weighted by Gasteiger charge is 2.11. The monoisotopic (exact) mass is 346 g/mol. The van der Waals surface area contributed by atoms with Gasteiger partial charge in [-0.15, -0.1) is 6.42 Å². The summed E-state index contributed by atoms with van der Waals surface area (Å²) in [6.07, 6.45) is 7.66. The molecule has 26 heavy (non-hydrogen) atoms. The summed E-state index contributed by atoms with van der Waals surface area (Å²) < 4.78 is 5.42. The van der Waals surface area contributed by atoms with E-state index in [1.54, 1.807) is 7.11 Å². The first-order valence-electron chi connectivity index (χ1n) is 8.04. The first kappa shape index (κ1) is 17.2. The van der Waals surface area contributed by atoms with Crippen molar-refractivity contribution in [3.63, 3.8) is 0 Å². The molecule has 0 saturated heterocycles. The van der Waals surface area contributed by atoms with E-state index in [1.807, 2.05) is 36.4 Å². The number of primary amides is 1.